The van der Waals surface area contributed by atoms with Gasteiger partial charge >= 0.3 is 0 Å². The molecular formula is C18H23ClN2O2. The van der Waals surface area contributed by atoms with E-state index < -0.39 is 11.6 Å². The zero-order chi connectivity index (χ0) is 16.4. The summed E-state index contributed by atoms with van der Waals surface area (Å²) in [4.78, 5) is 17.7. The Bertz CT molecular complexity index is 631. The number of hydrogen-bond donors (Lipinski definition) is 1. The summed E-state index contributed by atoms with van der Waals surface area (Å²) < 4.78 is 5.89. The molecule has 23 heavy (non-hydrogen) atoms. The molecule has 0 amide bonds. The van der Waals surface area contributed by atoms with Crippen molar-refractivity contribution in [1.29, 1.82) is 0 Å². The average Bonchev–Trinajstić information content (AvgIpc) is 2.49. The van der Waals surface area contributed by atoms with Gasteiger partial charge in [-0.3, -0.25) is 4.79 Å². The van der Waals surface area contributed by atoms with Gasteiger partial charge < -0.3 is 10.5 Å². The van der Waals surface area contributed by atoms with Crippen LogP contribution in [0.2, 0.25) is 5.02 Å². The van der Waals surface area contributed by atoms with Crippen molar-refractivity contribution in [3.8, 4) is 0 Å². The van der Waals surface area contributed by atoms with E-state index in [9.17, 15) is 4.79 Å². The lowest BCUT2D eigenvalue weighted by molar-refractivity contribution is -0.137. The number of ketones is 1. The number of aliphatic imine (C=N–C) groups is 1. The number of nitrogens with zero attached hydrogens (tertiary/aromatic N) is 1. The van der Waals surface area contributed by atoms with Crippen LogP contribution in [-0.4, -0.2) is 24.3 Å². The van der Waals surface area contributed by atoms with Crippen LogP contribution in [0, 0.1) is 5.92 Å². The van der Waals surface area contributed by atoms with E-state index in [2.05, 4.69) is 6.92 Å². The van der Waals surface area contributed by atoms with Gasteiger partial charge in [0, 0.05) is 17.0 Å². The number of hydrogen-bond acceptors (Lipinski definition) is 4. The van der Waals surface area contributed by atoms with Gasteiger partial charge in [-0.25, -0.2) is 4.99 Å². The fourth-order valence-corrected chi connectivity index (χ4v) is 3.89. The first-order valence-electron chi connectivity index (χ1n) is 8.31. The third kappa shape index (κ3) is 3.02. The van der Waals surface area contributed by atoms with Crippen molar-refractivity contribution < 1.29 is 9.53 Å². The zero-order valence-electron chi connectivity index (χ0n) is 13.4. The lowest BCUT2D eigenvalue weighted by Gasteiger charge is -2.41. The molecule has 3 atom stereocenters. The van der Waals surface area contributed by atoms with E-state index in [0.717, 1.165) is 24.8 Å². The van der Waals surface area contributed by atoms with E-state index in [1.54, 1.807) is 0 Å². The molecule has 0 saturated heterocycles. The number of rotatable bonds is 5. The molecule has 1 heterocycles. The maximum Gasteiger partial charge on any atom is 0.205 e. The molecule has 1 fully saturated rings. The van der Waals surface area contributed by atoms with Crippen molar-refractivity contribution in [2.24, 2.45) is 16.6 Å². The predicted octanol–water partition coefficient (Wildman–Crippen LogP) is 3.46. The highest BCUT2D eigenvalue weighted by atomic mass is 35.5. The van der Waals surface area contributed by atoms with Crippen molar-refractivity contribution in [2.75, 3.05) is 6.54 Å². The van der Waals surface area contributed by atoms with Crippen LogP contribution in [0.1, 0.15) is 44.6 Å². The summed E-state index contributed by atoms with van der Waals surface area (Å²) in [6, 6.07) is 7.53. The minimum atomic E-state index is -0.864. The van der Waals surface area contributed by atoms with Gasteiger partial charge in [0.1, 0.15) is 0 Å². The van der Waals surface area contributed by atoms with Crippen LogP contribution in [0.3, 0.4) is 0 Å². The summed E-state index contributed by atoms with van der Waals surface area (Å²) >= 11 is 6.39. The molecule has 1 aliphatic carbocycles. The Hall–Kier alpha value is -1.39. The molecule has 0 radical (unpaired) electrons. The molecule has 4 nitrogen and oxygen atoms in total. The van der Waals surface area contributed by atoms with Crippen LogP contribution >= 0.6 is 11.6 Å². The fourth-order valence-electron chi connectivity index (χ4n) is 3.59. The minimum Gasteiger partial charge on any atom is -0.470 e. The van der Waals surface area contributed by atoms with Crippen molar-refractivity contribution in [1.82, 2.24) is 0 Å². The Labute approximate surface area is 142 Å². The molecule has 0 unspecified atom stereocenters. The summed E-state index contributed by atoms with van der Waals surface area (Å²) in [6.45, 7) is 2.78. The summed E-state index contributed by atoms with van der Waals surface area (Å²) in [5.74, 6) is 1.11. The monoisotopic (exact) mass is 334 g/mol. The van der Waals surface area contributed by atoms with Crippen LogP contribution in [0.5, 0.6) is 0 Å². The highest BCUT2D eigenvalue weighted by Crippen LogP contribution is 2.44. The Morgan fingerprint density at radius 1 is 1.48 bits per heavy atom. The van der Waals surface area contributed by atoms with Crippen molar-refractivity contribution in [3.05, 3.63) is 34.9 Å². The second-order valence-electron chi connectivity index (χ2n) is 6.60. The van der Waals surface area contributed by atoms with Gasteiger partial charge in [0.25, 0.3) is 0 Å². The predicted molar refractivity (Wildman–Crippen MR) is 91.7 cm³/mol. The Kier molecular flexibility index (Phi) is 4.74. The summed E-state index contributed by atoms with van der Waals surface area (Å²) in [7, 11) is 0. The maximum absolute atomic E-state index is 12.9. The smallest absolute Gasteiger partial charge is 0.205 e. The molecule has 5 heteroatoms. The first-order valence-corrected chi connectivity index (χ1v) is 8.69. The van der Waals surface area contributed by atoms with E-state index in [1.165, 1.54) is 0 Å². The Morgan fingerprint density at radius 3 is 3.00 bits per heavy atom. The second-order valence-corrected chi connectivity index (χ2v) is 7.00. The SMILES string of the molecule is C[C@H](CCN)CC1=N[C@@]2(c3ccccc3Cl)CCC[C@@H](O1)C2=O. The van der Waals surface area contributed by atoms with Gasteiger partial charge in [-0.1, -0.05) is 36.7 Å². The average molecular weight is 335 g/mol. The van der Waals surface area contributed by atoms with E-state index in [-0.39, 0.29) is 5.78 Å². The molecule has 124 valence electrons. The standard InChI is InChI=1S/C18H23ClN2O2/c1-12(8-10-20)11-16-21-18(13-5-2-3-6-14(13)19)9-4-7-15(23-16)17(18)22/h2-3,5-6,12,15H,4,7-11,20H2,1H3/t12-,15-,18-/m1/s1. The number of carbonyl (C=O) groups is 1. The molecule has 1 aromatic carbocycles. The minimum absolute atomic E-state index is 0.0482. The van der Waals surface area contributed by atoms with E-state index in [4.69, 9.17) is 27.1 Å². The summed E-state index contributed by atoms with van der Waals surface area (Å²) in [5, 5.41) is 0.599. The fraction of sp³-hybridized carbons (Fsp3) is 0.556. The summed E-state index contributed by atoms with van der Waals surface area (Å²) in [6.07, 6.45) is 3.61. The highest BCUT2D eigenvalue weighted by molar-refractivity contribution is 6.32. The van der Waals surface area contributed by atoms with Gasteiger partial charge in [0.15, 0.2) is 17.5 Å². The van der Waals surface area contributed by atoms with Crippen molar-refractivity contribution in [2.45, 2.75) is 50.7 Å². The van der Waals surface area contributed by atoms with Gasteiger partial charge in [0.05, 0.1) is 0 Å². The molecule has 3 rings (SSSR count). The molecule has 2 N–H and O–H groups in total. The van der Waals surface area contributed by atoms with Crippen molar-refractivity contribution in [3.63, 3.8) is 0 Å². The normalized spacial score (nSPS) is 28.0. The van der Waals surface area contributed by atoms with E-state index in [1.807, 2.05) is 24.3 Å². The number of Topliss-reactive ketones (excluding diaryl/α,β-unsaturated/α-hetero) is 1. The van der Waals surface area contributed by atoms with E-state index in [0.29, 0.717) is 36.2 Å². The third-order valence-electron chi connectivity index (χ3n) is 4.80. The molecule has 0 spiro atoms. The zero-order valence-corrected chi connectivity index (χ0v) is 14.2. The van der Waals surface area contributed by atoms with Gasteiger partial charge in [-0.15, -0.1) is 0 Å². The molecule has 1 saturated carbocycles. The van der Waals surface area contributed by atoms with Crippen LogP contribution in [0.15, 0.2) is 29.3 Å². The molecular weight excluding hydrogens is 312 g/mol. The second kappa shape index (κ2) is 6.62. The van der Waals surface area contributed by atoms with Crippen LogP contribution in [0.25, 0.3) is 0 Å². The van der Waals surface area contributed by atoms with Crippen LogP contribution in [0.4, 0.5) is 0 Å². The van der Waals surface area contributed by atoms with Gasteiger partial charge in [0.2, 0.25) is 5.78 Å². The molecule has 2 aliphatic rings. The first kappa shape index (κ1) is 16.5. The summed E-state index contributed by atoms with van der Waals surface area (Å²) in [5.41, 5.74) is 5.58. The van der Waals surface area contributed by atoms with Crippen LogP contribution < -0.4 is 5.73 Å². The molecule has 0 aromatic heterocycles. The number of ether oxygens (including phenoxy) is 1. The lowest BCUT2D eigenvalue weighted by atomic mass is 9.73. The van der Waals surface area contributed by atoms with Crippen LogP contribution in [-0.2, 0) is 15.1 Å². The molecule has 2 bridgehead atoms. The largest absolute Gasteiger partial charge is 0.470 e. The first-order chi connectivity index (χ1) is 11.1. The van der Waals surface area contributed by atoms with E-state index >= 15 is 0 Å². The van der Waals surface area contributed by atoms with Crippen molar-refractivity contribution >= 4 is 23.3 Å². The third-order valence-corrected chi connectivity index (χ3v) is 5.13. The lowest BCUT2D eigenvalue weighted by Crippen LogP contribution is -2.51. The number of benzene rings is 1. The Morgan fingerprint density at radius 2 is 2.26 bits per heavy atom. The molecule has 1 aliphatic heterocycles. The number of carbonyl (C=O) groups excluding carboxylic acids is 1. The number of fused-ring (bicyclic) bond motifs is 2. The maximum atomic E-state index is 12.9. The molecule has 1 aromatic rings. The Balaban J connectivity index is 2.00. The topological polar surface area (TPSA) is 64.7 Å². The number of nitrogens with two attached hydrogens (primary N) is 1. The van der Waals surface area contributed by atoms with Gasteiger partial charge in [-0.05, 0) is 44.2 Å². The quantitative estimate of drug-likeness (QED) is 0.896. The van der Waals surface area contributed by atoms with Gasteiger partial charge in [-0.2, -0.15) is 0 Å². The number of halogens is 1. The highest BCUT2D eigenvalue weighted by Gasteiger charge is 2.51.